The molecule has 0 bridgehead atoms. The number of aromatic nitrogens is 1. The van der Waals surface area contributed by atoms with E-state index in [9.17, 15) is 0 Å². The van der Waals surface area contributed by atoms with Crippen LogP contribution in [0.1, 0.15) is 5.69 Å². The Morgan fingerprint density at radius 1 is 1.50 bits per heavy atom. The van der Waals surface area contributed by atoms with Gasteiger partial charge in [0.25, 0.3) is 0 Å². The van der Waals surface area contributed by atoms with Gasteiger partial charge in [-0.3, -0.25) is 0 Å². The second-order valence-corrected chi connectivity index (χ2v) is 2.87. The van der Waals surface area contributed by atoms with Gasteiger partial charge in [0.1, 0.15) is 5.82 Å². The van der Waals surface area contributed by atoms with Gasteiger partial charge in [-0.2, -0.15) is 0 Å². The zero-order valence-electron chi connectivity index (χ0n) is 5.98. The predicted octanol–water partition coefficient (Wildman–Crippen LogP) is 2.19. The van der Waals surface area contributed by atoms with Crippen molar-refractivity contribution >= 4 is 21.7 Å². The molecule has 1 N–H and O–H groups in total. The molecule has 0 amide bonds. The second kappa shape index (κ2) is 3.01. The average Bonchev–Trinajstić information content (AvgIpc) is 1.95. The lowest BCUT2D eigenvalue weighted by atomic mass is 10.4. The quantitative estimate of drug-likeness (QED) is 0.753. The predicted molar refractivity (Wildman–Crippen MR) is 46.2 cm³/mol. The number of aryl methyl sites for hydroxylation is 1. The van der Waals surface area contributed by atoms with E-state index >= 15 is 0 Å². The molecule has 0 saturated heterocycles. The molecule has 0 radical (unpaired) electrons. The van der Waals surface area contributed by atoms with Crippen LogP contribution in [0, 0.1) is 6.92 Å². The Balaban J connectivity index is 3.04. The molecule has 0 aliphatic heterocycles. The first-order chi connectivity index (χ1) is 4.74. The van der Waals surface area contributed by atoms with Gasteiger partial charge in [0.05, 0.1) is 5.69 Å². The number of rotatable bonds is 1. The largest absolute Gasteiger partial charge is 0.373 e. The Morgan fingerprint density at radius 2 is 2.20 bits per heavy atom. The second-order valence-electron chi connectivity index (χ2n) is 2.01. The summed E-state index contributed by atoms with van der Waals surface area (Å²) in [6.45, 7) is 1.96. The summed E-state index contributed by atoms with van der Waals surface area (Å²) in [6, 6.07) is 3.91. The van der Waals surface area contributed by atoms with Gasteiger partial charge in [-0.05, 0) is 35.0 Å². The molecule has 0 aliphatic carbocycles. The van der Waals surface area contributed by atoms with Crippen molar-refractivity contribution in [3.8, 4) is 0 Å². The van der Waals surface area contributed by atoms with Gasteiger partial charge < -0.3 is 5.32 Å². The molecular formula is C7H9BrN2. The maximum absolute atomic E-state index is 4.23. The van der Waals surface area contributed by atoms with Crippen LogP contribution in [-0.2, 0) is 0 Å². The van der Waals surface area contributed by atoms with E-state index in [1.165, 1.54) is 0 Å². The van der Waals surface area contributed by atoms with Crippen LogP contribution >= 0.6 is 15.9 Å². The summed E-state index contributed by atoms with van der Waals surface area (Å²) in [5.41, 5.74) is 1.01. The SMILES string of the molecule is CNc1ccc(Br)c(C)n1. The van der Waals surface area contributed by atoms with E-state index in [0.29, 0.717) is 0 Å². The van der Waals surface area contributed by atoms with E-state index in [-0.39, 0.29) is 0 Å². The normalized spacial score (nSPS) is 9.50. The topological polar surface area (TPSA) is 24.9 Å². The molecule has 0 saturated carbocycles. The summed E-state index contributed by atoms with van der Waals surface area (Å²) >= 11 is 3.37. The van der Waals surface area contributed by atoms with Crippen LogP contribution in [0.3, 0.4) is 0 Å². The number of hydrogen-bond donors (Lipinski definition) is 1. The number of halogens is 1. The van der Waals surface area contributed by atoms with Gasteiger partial charge in [-0.15, -0.1) is 0 Å². The molecule has 0 atom stereocenters. The van der Waals surface area contributed by atoms with E-state index in [2.05, 4.69) is 26.2 Å². The fourth-order valence-corrected chi connectivity index (χ4v) is 0.904. The van der Waals surface area contributed by atoms with Gasteiger partial charge in [0, 0.05) is 11.5 Å². The summed E-state index contributed by atoms with van der Waals surface area (Å²) in [5, 5.41) is 2.96. The van der Waals surface area contributed by atoms with Crippen LogP contribution < -0.4 is 5.32 Å². The van der Waals surface area contributed by atoms with Gasteiger partial charge >= 0.3 is 0 Å². The Morgan fingerprint density at radius 3 is 2.70 bits per heavy atom. The highest BCUT2D eigenvalue weighted by molar-refractivity contribution is 9.10. The van der Waals surface area contributed by atoms with Crippen LogP contribution in [0.4, 0.5) is 5.82 Å². The minimum absolute atomic E-state index is 0.903. The molecule has 0 spiro atoms. The highest BCUT2D eigenvalue weighted by Crippen LogP contribution is 2.15. The van der Waals surface area contributed by atoms with Gasteiger partial charge in [0.2, 0.25) is 0 Å². The molecule has 1 aromatic rings. The van der Waals surface area contributed by atoms with Crippen molar-refractivity contribution in [1.82, 2.24) is 4.98 Å². The van der Waals surface area contributed by atoms with Crippen molar-refractivity contribution in [3.63, 3.8) is 0 Å². The Hall–Kier alpha value is -0.570. The molecule has 0 fully saturated rings. The molecular weight excluding hydrogens is 192 g/mol. The van der Waals surface area contributed by atoms with Crippen LogP contribution in [0.25, 0.3) is 0 Å². The number of hydrogen-bond acceptors (Lipinski definition) is 2. The molecule has 54 valence electrons. The van der Waals surface area contributed by atoms with Crippen LogP contribution in [0.5, 0.6) is 0 Å². The molecule has 1 heterocycles. The maximum Gasteiger partial charge on any atom is 0.126 e. The standard InChI is InChI=1S/C7H9BrN2/c1-5-6(8)3-4-7(9-2)10-5/h3-4H,1-2H3,(H,9,10). The number of nitrogens with one attached hydrogen (secondary N) is 1. The Labute approximate surface area is 68.8 Å². The minimum atomic E-state index is 0.903. The third-order valence-corrected chi connectivity index (χ3v) is 2.12. The first-order valence-electron chi connectivity index (χ1n) is 3.05. The average molecular weight is 201 g/mol. The lowest BCUT2D eigenvalue weighted by molar-refractivity contribution is 1.17. The Kier molecular flexibility index (Phi) is 2.27. The summed E-state index contributed by atoms with van der Waals surface area (Å²) in [7, 11) is 1.86. The molecule has 0 aromatic carbocycles. The summed E-state index contributed by atoms with van der Waals surface area (Å²) in [5.74, 6) is 0.903. The Bertz CT molecular complexity index is 235. The van der Waals surface area contributed by atoms with E-state index < -0.39 is 0 Å². The first kappa shape index (κ1) is 7.54. The van der Waals surface area contributed by atoms with E-state index in [1.54, 1.807) is 0 Å². The molecule has 2 nitrogen and oxygen atoms in total. The fourth-order valence-electron chi connectivity index (χ4n) is 0.683. The van der Waals surface area contributed by atoms with E-state index in [4.69, 9.17) is 0 Å². The van der Waals surface area contributed by atoms with E-state index in [1.807, 2.05) is 26.1 Å². The lowest BCUT2D eigenvalue weighted by Crippen LogP contribution is -1.93. The number of nitrogens with zero attached hydrogens (tertiary/aromatic N) is 1. The van der Waals surface area contributed by atoms with Crippen LogP contribution in [0.15, 0.2) is 16.6 Å². The molecule has 3 heteroatoms. The van der Waals surface area contributed by atoms with Gasteiger partial charge in [0.15, 0.2) is 0 Å². The smallest absolute Gasteiger partial charge is 0.126 e. The summed E-state index contributed by atoms with van der Waals surface area (Å²) in [4.78, 5) is 4.23. The molecule has 1 rings (SSSR count). The minimum Gasteiger partial charge on any atom is -0.373 e. The monoisotopic (exact) mass is 200 g/mol. The number of anilines is 1. The lowest BCUT2D eigenvalue weighted by Gasteiger charge is -2.00. The van der Waals surface area contributed by atoms with Crippen molar-refractivity contribution in [2.75, 3.05) is 12.4 Å². The number of pyridine rings is 1. The third kappa shape index (κ3) is 1.48. The van der Waals surface area contributed by atoms with Crippen molar-refractivity contribution in [2.24, 2.45) is 0 Å². The molecule has 1 aromatic heterocycles. The van der Waals surface area contributed by atoms with Crippen LogP contribution in [-0.4, -0.2) is 12.0 Å². The van der Waals surface area contributed by atoms with Gasteiger partial charge in [-0.25, -0.2) is 4.98 Å². The van der Waals surface area contributed by atoms with E-state index in [0.717, 1.165) is 16.0 Å². The zero-order valence-corrected chi connectivity index (χ0v) is 7.57. The third-order valence-electron chi connectivity index (χ3n) is 1.28. The van der Waals surface area contributed by atoms with Crippen molar-refractivity contribution in [1.29, 1.82) is 0 Å². The summed E-state index contributed by atoms with van der Waals surface area (Å²) < 4.78 is 1.05. The molecule has 0 aliphatic rings. The maximum atomic E-state index is 4.23. The molecule has 0 unspecified atom stereocenters. The summed E-state index contributed by atoms with van der Waals surface area (Å²) in [6.07, 6.45) is 0. The van der Waals surface area contributed by atoms with Crippen molar-refractivity contribution < 1.29 is 0 Å². The fraction of sp³-hybridized carbons (Fsp3) is 0.286. The van der Waals surface area contributed by atoms with Crippen LogP contribution in [0.2, 0.25) is 0 Å². The zero-order chi connectivity index (χ0) is 7.56. The van der Waals surface area contributed by atoms with Gasteiger partial charge in [-0.1, -0.05) is 0 Å². The highest BCUT2D eigenvalue weighted by atomic mass is 79.9. The molecule has 10 heavy (non-hydrogen) atoms. The highest BCUT2D eigenvalue weighted by Gasteiger charge is 1.94. The van der Waals surface area contributed by atoms with Crippen molar-refractivity contribution in [3.05, 3.63) is 22.3 Å². The first-order valence-corrected chi connectivity index (χ1v) is 3.84. The van der Waals surface area contributed by atoms with Crippen molar-refractivity contribution in [2.45, 2.75) is 6.92 Å².